The van der Waals surface area contributed by atoms with Crippen molar-refractivity contribution in [2.24, 2.45) is 5.92 Å². The quantitative estimate of drug-likeness (QED) is 0.387. The fraction of sp³-hybridized carbons (Fsp3) is 0.538. The second-order valence-electron chi connectivity index (χ2n) is 8.25. The minimum atomic E-state index is -0.457. The van der Waals surface area contributed by atoms with Crippen LogP contribution < -0.4 is 0 Å². The molecule has 0 amide bonds. The predicted molar refractivity (Wildman–Crippen MR) is 117 cm³/mol. The van der Waals surface area contributed by atoms with E-state index in [1.807, 2.05) is 24.3 Å². The van der Waals surface area contributed by atoms with Gasteiger partial charge >= 0.3 is 0 Å². The molecule has 0 saturated carbocycles. The Hall–Kier alpha value is -1.71. The van der Waals surface area contributed by atoms with Crippen molar-refractivity contribution in [3.05, 3.63) is 59.4 Å². The number of benzene rings is 2. The van der Waals surface area contributed by atoms with Crippen molar-refractivity contribution in [2.75, 3.05) is 13.2 Å². The maximum absolute atomic E-state index is 14.8. The monoisotopic (exact) mass is 398 g/mol. The largest absolute Gasteiger partial charge is 0.348 e. The molecule has 1 fully saturated rings. The first kappa shape index (κ1) is 22.0. The maximum atomic E-state index is 14.8. The third kappa shape index (κ3) is 6.38. The van der Waals surface area contributed by atoms with Crippen LogP contribution in [0.5, 0.6) is 0 Å². The van der Waals surface area contributed by atoms with Crippen molar-refractivity contribution in [3.8, 4) is 11.1 Å². The van der Waals surface area contributed by atoms with Crippen LogP contribution in [0, 0.1) is 11.7 Å². The first-order valence-corrected chi connectivity index (χ1v) is 11.3. The zero-order valence-corrected chi connectivity index (χ0v) is 18.0. The minimum absolute atomic E-state index is 0.224. The fourth-order valence-electron chi connectivity index (χ4n) is 3.93. The van der Waals surface area contributed by atoms with E-state index in [4.69, 9.17) is 9.47 Å². The highest BCUT2D eigenvalue weighted by Crippen LogP contribution is 2.31. The van der Waals surface area contributed by atoms with Crippen molar-refractivity contribution >= 4 is 0 Å². The molecule has 3 rings (SSSR count). The van der Waals surface area contributed by atoms with E-state index >= 15 is 0 Å². The van der Waals surface area contributed by atoms with Crippen LogP contribution >= 0.6 is 0 Å². The zero-order valence-electron chi connectivity index (χ0n) is 18.0. The molecule has 1 heterocycles. The van der Waals surface area contributed by atoms with E-state index in [-0.39, 0.29) is 5.82 Å². The molecule has 2 nitrogen and oxygen atoms in total. The van der Waals surface area contributed by atoms with Crippen LogP contribution in [-0.4, -0.2) is 13.2 Å². The van der Waals surface area contributed by atoms with E-state index in [0.717, 1.165) is 24.0 Å². The fourth-order valence-corrected chi connectivity index (χ4v) is 3.93. The summed E-state index contributed by atoms with van der Waals surface area (Å²) in [4.78, 5) is 0. The number of ether oxygens (including phenoxy) is 2. The number of aryl methyl sites for hydroxylation is 1. The number of hydrogen-bond acceptors (Lipinski definition) is 2. The molecule has 3 heteroatoms. The highest BCUT2D eigenvalue weighted by atomic mass is 19.1. The van der Waals surface area contributed by atoms with Gasteiger partial charge in [-0.05, 0) is 36.5 Å². The Bertz CT molecular complexity index is 733. The van der Waals surface area contributed by atoms with Crippen LogP contribution in [0.1, 0.15) is 76.2 Å². The van der Waals surface area contributed by atoms with Gasteiger partial charge in [0, 0.05) is 17.0 Å². The Balaban J connectivity index is 1.58. The Kier molecular flexibility index (Phi) is 8.69. The van der Waals surface area contributed by atoms with Crippen molar-refractivity contribution in [2.45, 2.75) is 71.5 Å². The molecule has 0 aromatic heterocycles. The summed E-state index contributed by atoms with van der Waals surface area (Å²) in [6, 6.07) is 13.6. The van der Waals surface area contributed by atoms with Crippen molar-refractivity contribution in [3.63, 3.8) is 0 Å². The minimum Gasteiger partial charge on any atom is -0.348 e. The first-order chi connectivity index (χ1) is 14.2. The summed E-state index contributed by atoms with van der Waals surface area (Å²) in [6.45, 7) is 5.81. The van der Waals surface area contributed by atoms with E-state index in [1.165, 1.54) is 44.1 Å². The van der Waals surface area contributed by atoms with Crippen LogP contribution in [0.2, 0.25) is 0 Å². The van der Waals surface area contributed by atoms with Crippen LogP contribution in [0.25, 0.3) is 11.1 Å². The SMILES string of the molecule is CCCCCc1ccc(-c2ccc(C3OCC(CCCCC)CO3)cc2F)cc1. The van der Waals surface area contributed by atoms with E-state index in [1.54, 1.807) is 6.07 Å². The van der Waals surface area contributed by atoms with Crippen LogP contribution in [0.4, 0.5) is 4.39 Å². The number of unbranched alkanes of at least 4 members (excludes halogenated alkanes) is 4. The molecule has 158 valence electrons. The molecule has 0 atom stereocenters. The van der Waals surface area contributed by atoms with Crippen LogP contribution in [0.3, 0.4) is 0 Å². The Morgan fingerprint density at radius 2 is 1.55 bits per heavy atom. The molecule has 1 aliphatic rings. The molecule has 1 aliphatic heterocycles. The summed E-state index contributed by atoms with van der Waals surface area (Å²) in [5.41, 5.74) is 3.61. The van der Waals surface area contributed by atoms with Gasteiger partial charge in [-0.15, -0.1) is 0 Å². The lowest BCUT2D eigenvalue weighted by Crippen LogP contribution is -2.27. The summed E-state index contributed by atoms with van der Waals surface area (Å²) in [5, 5.41) is 0. The average Bonchev–Trinajstić information content (AvgIpc) is 2.75. The molecule has 1 saturated heterocycles. The standard InChI is InChI=1S/C26H35FO2/c1-3-5-7-9-20-11-13-22(14-12-20)24-16-15-23(17-25(24)27)26-28-18-21(19-29-26)10-8-6-4-2/h11-17,21,26H,3-10,18-19H2,1-2H3. The summed E-state index contributed by atoms with van der Waals surface area (Å²) >= 11 is 0. The van der Waals surface area contributed by atoms with Crippen molar-refractivity contribution < 1.29 is 13.9 Å². The van der Waals surface area contributed by atoms with E-state index < -0.39 is 6.29 Å². The van der Waals surface area contributed by atoms with Crippen molar-refractivity contribution in [1.29, 1.82) is 0 Å². The van der Waals surface area contributed by atoms with Gasteiger partial charge in [-0.3, -0.25) is 0 Å². The molecule has 0 radical (unpaired) electrons. The topological polar surface area (TPSA) is 18.5 Å². The Morgan fingerprint density at radius 1 is 0.862 bits per heavy atom. The lowest BCUT2D eigenvalue weighted by Gasteiger charge is -2.29. The summed E-state index contributed by atoms with van der Waals surface area (Å²) < 4.78 is 26.6. The van der Waals surface area contributed by atoms with Crippen LogP contribution in [0.15, 0.2) is 42.5 Å². The van der Waals surface area contributed by atoms with Gasteiger partial charge in [0.05, 0.1) is 13.2 Å². The molecule has 0 aliphatic carbocycles. The molecule has 0 N–H and O–H groups in total. The lowest BCUT2D eigenvalue weighted by molar-refractivity contribution is -0.206. The van der Waals surface area contributed by atoms with Gasteiger partial charge in [0.1, 0.15) is 5.82 Å². The summed E-state index contributed by atoms with van der Waals surface area (Å²) in [7, 11) is 0. The highest BCUT2D eigenvalue weighted by Gasteiger charge is 2.24. The highest BCUT2D eigenvalue weighted by molar-refractivity contribution is 5.64. The zero-order chi connectivity index (χ0) is 20.5. The van der Waals surface area contributed by atoms with E-state index in [0.29, 0.717) is 24.7 Å². The maximum Gasteiger partial charge on any atom is 0.183 e. The first-order valence-electron chi connectivity index (χ1n) is 11.3. The third-order valence-corrected chi connectivity index (χ3v) is 5.78. The lowest BCUT2D eigenvalue weighted by atomic mass is 9.99. The van der Waals surface area contributed by atoms with Gasteiger partial charge in [-0.2, -0.15) is 0 Å². The molecule has 0 spiro atoms. The van der Waals surface area contributed by atoms with Gasteiger partial charge in [-0.25, -0.2) is 4.39 Å². The predicted octanol–water partition coefficient (Wildman–Crippen LogP) is 7.47. The van der Waals surface area contributed by atoms with E-state index in [2.05, 4.69) is 26.0 Å². The van der Waals surface area contributed by atoms with Gasteiger partial charge in [-0.1, -0.05) is 82.3 Å². The van der Waals surface area contributed by atoms with E-state index in [9.17, 15) is 4.39 Å². The van der Waals surface area contributed by atoms with Crippen molar-refractivity contribution in [1.82, 2.24) is 0 Å². The summed E-state index contributed by atoms with van der Waals surface area (Å²) in [6.07, 6.45) is 9.16. The molecular formula is C26H35FO2. The third-order valence-electron chi connectivity index (χ3n) is 5.78. The smallest absolute Gasteiger partial charge is 0.183 e. The van der Waals surface area contributed by atoms with Gasteiger partial charge in [0.25, 0.3) is 0 Å². The number of hydrogen-bond donors (Lipinski definition) is 0. The average molecular weight is 399 g/mol. The van der Waals surface area contributed by atoms with Gasteiger partial charge in [0.15, 0.2) is 6.29 Å². The molecule has 29 heavy (non-hydrogen) atoms. The molecular weight excluding hydrogens is 363 g/mol. The van der Waals surface area contributed by atoms with Crippen LogP contribution in [-0.2, 0) is 15.9 Å². The second-order valence-corrected chi connectivity index (χ2v) is 8.25. The molecule has 2 aromatic rings. The second kappa shape index (κ2) is 11.5. The van der Waals surface area contributed by atoms with Gasteiger partial charge < -0.3 is 9.47 Å². The molecule has 0 bridgehead atoms. The Labute approximate surface area is 175 Å². The number of rotatable bonds is 10. The molecule has 2 aromatic carbocycles. The number of halogens is 1. The summed E-state index contributed by atoms with van der Waals surface area (Å²) in [5.74, 6) is 0.233. The Morgan fingerprint density at radius 3 is 2.21 bits per heavy atom. The van der Waals surface area contributed by atoms with Gasteiger partial charge in [0.2, 0.25) is 0 Å². The normalized spacial score (nSPS) is 19.4. The molecule has 0 unspecified atom stereocenters.